The van der Waals surface area contributed by atoms with Crippen LogP contribution in [-0.4, -0.2) is 60.9 Å². The number of para-hydroxylation sites is 1. The number of ether oxygens (including phenoxy) is 2. The van der Waals surface area contributed by atoms with Crippen molar-refractivity contribution in [1.82, 2.24) is 15.2 Å². The van der Waals surface area contributed by atoms with Crippen molar-refractivity contribution in [1.29, 1.82) is 0 Å². The highest BCUT2D eigenvalue weighted by molar-refractivity contribution is 5.94. The van der Waals surface area contributed by atoms with Gasteiger partial charge in [0, 0.05) is 49.6 Å². The van der Waals surface area contributed by atoms with E-state index in [-0.39, 0.29) is 24.5 Å². The zero-order valence-corrected chi connectivity index (χ0v) is 16.3. The van der Waals surface area contributed by atoms with Crippen molar-refractivity contribution in [2.75, 3.05) is 33.9 Å². The standard InChI is InChI=1S/C21H27N3O4/c1-27-19-7-3-5-16(20(19)28-2)12-24-10-8-17(14-25)18(13-24)23-21(26)15-6-4-9-22-11-15/h3-7,9,11,17-18,25H,8,10,12-14H2,1-2H3,(H,23,26)/t17-,18-/m1/s1. The molecule has 0 saturated carbocycles. The number of rotatable bonds is 7. The summed E-state index contributed by atoms with van der Waals surface area (Å²) in [5.41, 5.74) is 1.55. The van der Waals surface area contributed by atoms with Crippen molar-refractivity contribution < 1.29 is 19.4 Å². The van der Waals surface area contributed by atoms with Gasteiger partial charge in [-0.25, -0.2) is 0 Å². The van der Waals surface area contributed by atoms with Crippen LogP contribution in [0.1, 0.15) is 22.3 Å². The third-order valence-corrected chi connectivity index (χ3v) is 5.19. The van der Waals surface area contributed by atoms with E-state index >= 15 is 0 Å². The van der Waals surface area contributed by atoms with Crippen LogP contribution in [0.4, 0.5) is 0 Å². The summed E-state index contributed by atoms with van der Waals surface area (Å²) in [6.07, 6.45) is 3.99. The number of aromatic nitrogens is 1. The Labute approximate surface area is 165 Å². The molecule has 2 aromatic rings. The van der Waals surface area contributed by atoms with E-state index in [9.17, 15) is 9.90 Å². The summed E-state index contributed by atoms with van der Waals surface area (Å²) in [4.78, 5) is 18.8. The Balaban J connectivity index is 1.71. The molecule has 0 aliphatic carbocycles. The van der Waals surface area contributed by atoms with Crippen LogP contribution in [-0.2, 0) is 6.54 Å². The molecule has 2 atom stereocenters. The third kappa shape index (κ3) is 4.61. The van der Waals surface area contributed by atoms with Crippen LogP contribution in [0.5, 0.6) is 11.5 Å². The number of nitrogens with one attached hydrogen (secondary N) is 1. The number of nitrogens with zero attached hydrogens (tertiary/aromatic N) is 2. The summed E-state index contributed by atoms with van der Waals surface area (Å²) >= 11 is 0. The first-order valence-electron chi connectivity index (χ1n) is 9.40. The molecule has 150 valence electrons. The maximum absolute atomic E-state index is 12.5. The minimum absolute atomic E-state index is 0.0316. The lowest BCUT2D eigenvalue weighted by Gasteiger charge is -2.38. The van der Waals surface area contributed by atoms with Gasteiger partial charge in [0.15, 0.2) is 11.5 Å². The molecule has 1 fully saturated rings. The lowest BCUT2D eigenvalue weighted by Crippen LogP contribution is -2.53. The summed E-state index contributed by atoms with van der Waals surface area (Å²) in [6, 6.07) is 9.17. The zero-order valence-electron chi connectivity index (χ0n) is 16.3. The Bertz CT molecular complexity index is 784. The first kappa shape index (κ1) is 20.1. The molecule has 3 rings (SSSR count). The van der Waals surface area contributed by atoms with Gasteiger partial charge < -0.3 is 19.9 Å². The van der Waals surface area contributed by atoms with Crippen molar-refractivity contribution >= 4 is 5.91 Å². The van der Waals surface area contributed by atoms with Crippen molar-refractivity contribution in [3.63, 3.8) is 0 Å². The maximum Gasteiger partial charge on any atom is 0.253 e. The number of benzene rings is 1. The molecular formula is C21H27N3O4. The summed E-state index contributed by atoms with van der Waals surface area (Å²) in [6.45, 7) is 2.22. The van der Waals surface area contributed by atoms with Gasteiger partial charge in [-0.2, -0.15) is 0 Å². The van der Waals surface area contributed by atoms with E-state index in [0.717, 1.165) is 24.3 Å². The van der Waals surface area contributed by atoms with Gasteiger partial charge in [-0.05, 0) is 31.2 Å². The smallest absolute Gasteiger partial charge is 0.253 e. The molecule has 0 spiro atoms. The van der Waals surface area contributed by atoms with Gasteiger partial charge >= 0.3 is 0 Å². The number of hydrogen-bond donors (Lipinski definition) is 2. The molecule has 1 aliphatic rings. The summed E-state index contributed by atoms with van der Waals surface area (Å²) in [5.74, 6) is 1.29. The van der Waals surface area contributed by atoms with Crippen LogP contribution in [0, 0.1) is 5.92 Å². The highest BCUT2D eigenvalue weighted by Gasteiger charge is 2.30. The molecule has 0 bridgehead atoms. The van der Waals surface area contributed by atoms with E-state index in [4.69, 9.17) is 9.47 Å². The SMILES string of the molecule is COc1cccc(CN2CC[C@H](CO)[C@H](NC(=O)c3cccnc3)C2)c1OC. The van der Waals surface area contributed by atoms with Gasteiger partial charge in [-0.1, -0.05) is 12.1 Å². The molecule has 0 radical (unpaired) electrons. The fraction of sp³-hybridized carbons (Fsp3) is 0.429. The summed E-state index contributed by atoms with van der Waals surface area (Å²) in [5, 5.41) is 12.8. The molecule has 7 heteroatoms. The Kier molecular flexibility index (Phi) is 6.84. The van der Waals surface area contributed by atoms with Gasteiger partial charge in [0.2, 0.25) is 0 Å². The number of methoxy groups -OCH3 is 2. The molecule has 1 aromatic heterocycles. The van der Waals surface area contributed by atoms with E-state index in [0.29, 0.717) is 24.4 Å². The first-order valence-corrected chi connectivity index (χ1v) is 9.40. The zero-order chi connectivity index (χ0) is 19.9. The number of aliphatic hydroxyl groups excluding tert-OH is 1. The number of aliphatic hydroxyl groups is 1. The minimum Gasteiger partial charge on any atom is -0.493 e. The number of amides is 1. The molecule has 2 N–H and O–H groups in total. The predicted octanol–water partition coefficient (Wildman–Crippen LogP) is 1.71. The highest BCUT2D eigenvalue weighted by Crippen LogP contribution is 2.32. The Hall–Kier alpha value is -2.64. The summed E-state index contributed by atoms with van der Waals surface area (Å²) in [7, 11) is 3.26. The van der Waals surface area contributed by atoms with Crippen molar-refractivity contribution in [3.8, 4) is 11.5 Å². The third-order valence-electron chi connectivity index (χ3n) is 5.19. The topological polar surface area (TPSA) is 83.9 Å². The number of hydrogen-bond acceptors (Lipinski definition) is 6. The Morgan fingerprint density at radius 3 is 2.82 bits per heavy atom. The summed E-state index contributed by atoms with van der Waals surface area (Å²) < 4.78 is 10.9. The molecule has 1 aliphatic heterocycles. The molecule has 1 aromatic carbocycles. The van der Waals surface area contributed by atoms with E-state index in [1.165, 1.54) is 0 Å². The van der Waals surface area contributed by atoms with Crippen LogP contribution >= 0.6 is 0 Å². The van der Waals surface area contributed by atoms with Gasteiger partial charge in [-0.3, -0.25) is 14.7 Å². The number of likely N-dealkylation sites (tertiary alicyclic amines) is 1. The van der Waals surface area contributed by atoms with Gasteiger partial charge in [0.25, 0.3) is 5.91 Å². The lowest BCUT2D eigenvalue weighted by molar-refractivity contribution is 0.0728. The van der Waals surface area contributed by atoms with Gasteiger partial charge in [0.1, 0.15) is 0 Å². The van der Waals surface area contributed by atoms with Crippen molar-refractivity contribution in [2.45, 2.75) is 19.0 Å². The second-order valence-electron chi connectivity index (χ2n) is 6.94. The Morgan fingerprint density at radius 1 is 1.29 bits per heavy atom. The molecule has 2 heterocycles. The van der Waals surface area contributed by atoms with E-state index < -0.39 is 0 Å². The van der Waals surface area contributed by atoms with Gasteiger partial charge in [-0.15, -0.1) is 0 Å². The van der Waals surface area contributed by atoms with Crippen molar-refractivity contribution in [2.24, 2.45) is 5.92 Å². The Morgan fingerprint density at radius 2 is 2.14 bits per heavy atom. The van der Waals surface area contributed by atoms with Crippen LogP contribution in [0.15, 0.2) is 42.7 Å². The maximum atomic E-state index is 12.5. The van der Waals surface area contributed by atoms with Crippen LogP contribution in [0.3, 0.4) is 0 Å². The second-order valence-corrected chi connectivity index (χ2v) is 6.94. The molecule has 7 nitrogen and oxygen atoms in total. The highest BCUT2D eigenvalue weighted by atomic mass is 16.5. The molecule has 0 unspecified atom stereocenters. The first-order chi connectivity index (χ1) is 13.7. The van der Waals surface area contributed by atoms with Crippen LogP contribution in [0.25, 0.3) is 0 Å². The quantitative estimate of drug-likeness (QED) is 0.755. The number of piperidine rings is 1. The van der Waals surface area contributed by atoms with E-state index in [1.54, 1.807) is 38.7 Å². The number of carbonyl (C=O) groups is 1. The molecule has 1 saturated heterocycles. The minimum atomic E-state index is -0.169. The number of pyridine rings is 1. The average molecular weight is 385 g/mol. The van der Waals surface area contributed by atoms with Crippen LogP contribution < -0.4 is 14.8 Å². The van der Waals surface area contributed by atoms with Crippen molar-refractivity contribution in [3.05, 3.63) is 53.9 Å². The van der Waals surface area contributed by atoms with Crippen LogP contribution in [0.2, 0.25) is 0 Å². The fourth-order valence-electron chi connectivity index (χ4n) is 3.66. The molecule has 28 heavy (non-hydrogen) atoms. The monoisotopic (exact) mass is 385 g/mol. The predicted molar refractivity (Wildman–Crippen MR) is 106 cm³/mol. The molecule has 1 amide bonds. The molecular weight excluding hydrogens is 358 g/mol. The van der Waals surface area contributed by atoms with Gasteiger partial charge in [0.05, 0.1) is 19.8 Å². The fourth-order valence-corrected chi connectivity index (χ4v) is 3.66. The number of carbonyl (C=O) groups excluding carboxylic acids is 1. The lowest BCUT2D eigenvalue weighted by atomic mass is 9.91. The largest absolute Gasteiger partial charge is 0.493 e. The van der Waals surface area contributed by atoms with E-state index in [1.807, 2.05) is 18.2 Å². The average Bonchev–Trinajstić information content (AvgIpc) is 2.74. The second kappa shape index (κ2) is 9.52. The normalized spacial score (nSPS) is 19.8. The van der Waals surface area contributed by atoms with E-state index in [2.05, 4.69) is 15.2 Å².